The minimum Gasteiger partial charge on any atom is -0.272 e. The quantitative estimate of drug-likeness (QED) is 0.405. The second-order valence-electron chi connectivity index (χ2n) is 7.28. The van der Waals surface area contributed by atoms with Crippen LogP contribution in [-0.4, -0.2) is 21.8 Å². The van der Waals surface area contributed by atoms with Gasteiger partial charge in [-0.3, -0.25) is 9.89 Å². The molecule has 4 aromatic rings. The van der Waals surface area contributed by atoms with E-state index in [-0.39, 0.29) is 5.91 Å². The summed E-state index contributed by atoms with van der Waals surface area (Å²) < 4.78 is 0. The number of benzene rings is 3. The van der Waals surface area contributed by atoms with Crippen molar-refractivity contribution in [2.75, 3.05) is 0 Å². The average Bonchev–Trinajstić information content (AvgIpc) is 3.42. The van der Waals surface area contributed by atoms with E-state index in [1.54, 1.807) is 6.07 Å². The number of carbonyl (C=O) groups is 1. The Bertz CT molecular complexity index is 1240. The Hall–Kier alpha value is -3.73. The number of nitrogens with one attached hydrogen (secondary N) is 2. The maximum Gasteiger partial charge on any atom is 0.289 e. The standard InChI is InChI=1S/C24H20N4O/c1-15(16-6-3-2-4-7-16)25-28-24(29)22-14-21(26-27-22)19-13-12-18-11-10-17-8-5-9-20(19)23(17)18/h2-9,12-14H,10-11H2,1H3,(H,26,27)(H,28,29). The first kappa shape index (κ1) is 17.4. The van der Waals surface area contributed by atoms with Gasteiger partial charge in [-0.2, -0.15) is 10.2 Å². The molecule has 1 aliphatic carbocycles. The van der Waals surface area contributed by atoms with Crippen molar-refractivity contribution < 1.29 is 4.79 Å². The van der Waals surface area contributed by atoms with Gasteiger partial charge >= 0.3 is 0 Å². The molecule has 0 unspecified atom stereocenters. The predicted molar refractivity (Wildman–Crippen MR) is 115 cm³/mol. The van der Waals surface area contributed by atoms with Gasteiger partial charge in [-0.15, -0.1) is 0 Å². The van der Waals surface area contributed by atoms with E-state index in [0.717, 1.165) is 35.4 Å². The molecule has 0 spiro atoms. The van der Waals surface area contributed by atoms with Crippen LogP contribution in [0.3, 0.4) is 0 Å². The molecule has 0 atom stereocenters. The largest absolute Gasteiger partial charge is 0.289 e. The molecule has 0 saturated heterocycles. The molecule has 1 aromatic heterocycles. The minimum absolute atomic E-state index is 0.315. The maximum atomic E-state index is 12.5. The minimum atomic E-state index is -0.315. The van der Waals surface area contributed by atoms with E-state index in [0.29, 0.717) is 5.69 Å². The number of hydrogen-bond acceptors (Lipinski definition) is 3. The van der Waals surface area contributed by atoms with E-state index in [9.17, 15) is 4.79 Å². The van der Waals surface area contributed by atoms with Crippen LogP contribution in [0.5, 0.6) is 0 Å². The number of hydrogen-bond donors (Lipinski definition) is 2. The molecule has 5 nitrogen and oxygen atoms in total. The molecule has 3 aromatic carbocycles. The lowest BCUT2D eigenvalue weighted by atomic mass is 9.98. The van der Waals surface area contributed by atoms with Gasteiger partial charge in [0.15, 0.2) is 0 Å². The summed E-state index contributed by atoms with van der Waals surface area (Å²) >= 11 is 0. The van der Waals surface area contributed by atoms with Gasteiger partial charge in [0.25, 0.3) is 5.91 Å². The van der Waals surface area contributed by atoms with Crippen LogP contribution in [0.25, 0.3) is 22.0 Å². The molecule has 1 amide bonds. The number of aromatic amines is 1. The highest BCUT2D eigenvalue weighted by Gasteiger charge is 2.18. The Kier molecular flexibility index (Phi) is 4.21. The van der Waals surface area contributed by atoms with Crippen LogP contribution < -0.4 is 5.43 Å². The van der Waals surface area contributed by atoms with Crippen LogP contribution in [0, 0.1) is 0 Å². The zero-order valence-electron chi connectivity index (χ0n) is 16.1. The van der Waals surface area contributed by atoms with Gasteiger partial charge in [0.1, 0.15) is 5.69 Å². The van der Waals surface area contributed by atoms with Gasteiger partial charge in [-0.1, -0.05) is 60.7 Å². The van der Waals surface area contributed by atoms with Gasteiger partial charge in [-0.05, 0) is 53.3 Å². The van der Waals surface area contributed by atoms with E-state index >= 15 is 0 Å². The molecule has 0 fully saturated rings. The van der Waals surface area contributed by atoms with Crippen molar-refractivity contribution in [1.29, 1.82) is 0 Å². The molecule has 1 heterocycles. The summed E-state index contributed by atoms with van der Waals surface area (Å²) in [6.45, 7) is 1.86. The van der Waals surface area contributed by atoms with Crippen LogP contribution in [0.1, 0.15) is 34.1 Å². The highest BCUT2D eigenvalue weighted by atomic mass is 16.2. The van der Waals surface area contributed by atoms with Crippen LogP contribution >= 0.6 is 0 Å². The third-order valence-electron chi connectivity index (χ3n) is 5.49. The lowest BCUT2D eigenvalue weighted by Crippen LogP contribution is -2.19. The third-order valence-corrected chi connectivity index (χ3v) is 5.49. The summed E-state index contributed by atoms with van der Waals surface area (Å²) in [5.41, 5.74) is 9.26. The van der Waals surface area contributed by atoms with Crippen molar-refractivity contribution in [3.8, 4) is 11.3 Å². The lowest BCUT2D eigenvalue weighted by molar-refractivity contribution is 0.0950. The van der Waals surface area contributed by atoms with Crippen LogP contribution in [0.15, 0.2) is 71.8 Å². The third kappa shape index (κ3) is 3.10. The molecular weight excluding hydrogens is 360 g/mol. The molecular formula is C24H20N4O. The first-order valence-corrected chi connectivity index (χ1v) is 9.70. The SMILES string of the molecule is CC(=NNC(=O)c1cc(-c2ccc3c4c(cccc24)CC3)n[nH]1)c1ccccc1. The van der Waals surface area contributed by atoms with Crippen molar-refractivity contribution in [2.24, 2.45) is 5.10 Å². The Morgan fingerprint density at radius 1 is 1.00 bits per heavy atom. The predicted octanol–water partition coefficient (Wildman–Crippen LogP) is 4.48. The number of hydrazone groups is 1. The first-order valence-electron chi connectivity index (χ1n) is 9.70. The molecule has 1 aliphatic rings. The maximum absolute atomic E-state index is 12.5. The fraction of sp³-hybridized carbons (Fsp3) is 0.125. The molecule has 0 saturated carbocycles. The number of carbonyl (C=O) groups excluding carboxylic acids is 1. The Balaban J connectivity index is 1.42. The van der Waals surface area contributed by atoms with Gasteiger partial charge in [0.2, 0.25) is 0 Å². The average molecular weight is 380 g/mol. The number of rotatable bonds is 4. The zero-order chi connectivity index (χ0) is 19.8. The van der Waals surface area contributed by atoms with Crippen LogP contribution in [-0.2, 0) is 12.8 Å². The van der Waals surface area contributed by atoms with Gasteiger partial charge < -0.3 is 0 Å². The molecule has 0 aliphatic heterocycles. The summed E-state index contributed by atoms with van der Waals surface area (Å²) in [7, 11) is 0. The smallest absolute Gasteiger partial charge is 0.272 e. The second kappa shape index (κ2) is 7.02. The van der Waals surface area contributed by atoms with Crippen LogP contribution in [0.2, 0.25) is 0 Å². The number of aromatic nitrogens is 2. The molecule has 0 bridgehead atoms. The van der Waals surface area contributed by atoms with Crippen molar-refractivity contribution >= 4 is 22.4 Å². The number of H-pyrrole nitrogens is 1. The van der Waals surface area contributed by atoms with Gasteiger partial charge in [0.05, 0.1) is 11.4 Å². The highest BCUT2D eigenvalue weighted by Crippen LogP contribution is 2.36. The van der Waals surface area contributed by atoms with E-state index in [4.69, 9.17) is 0 Å². The van der Waals surface area contributed by atoms with Gasteiger partial charge in [0, 0.05) is 5.56 Å². The van der Waals surface area contributed by atoms with E-state index in [1.165, 1.54) is 21.9 Å². The van der Waals surface area contributed by atoms with E-state index < -0.39 is 0 Å². The number of aryl methyl sites for hydroxylation is 2. The van der Waals surface area contributed by atoms with Crippen molar-refractivity contribution in [3.05, 3.63) is 89.1 Å². The van der Waals surface area contributed by atoms with Crippen molar-refractivity contribution in [1.82, 2.24) is 15.6 Å². The summed E-state index contributed by atoms with van der Waals surface area (Å²) in [4.78, 5) is 12.5. The van der Waals surface area contributed by atoms with E-state index in [1.807, 2.05) is 37.3 Å². The molecule has 5 rings (SSSR count). The number of nitrogens with zero attached hydrogens (tertiary/aromatic N) is 2. The molecule has 142 valence electrons. The van der Waals surface area contributed by atoms with Gasteiger partial charge in [-0.25, -0.2) is 5.43 Å². The Morgan fingerprint density at radius 3 is 2.62 bits per heavy atom. The lowest BCUT2D eigenvalue weighted by Gasteiger charge is -2.06. The summed E-state index contributed by atoms with van der Waals surface area (Å²) in [6.07, 6.45) is 2.17. The molecule has 29 heavy (non-hydrogen) atoms. The van der Waals surface area contributed by atoms with E-state index in [2.05, 4.69) is 51.1 Å². The molecule has 2 N–H and O–H groups in total. The second-order valence-corrected chi connectivity index (χ2v) is 7.28. The summed E-state index contributed by atoms with van der Waals surface area (Å²) in [5, 5.41) is 14.0. The van der Waals surface area contributed by atoms with Crippen LogP contribution in [0.4, 0.5) is 0 Å². The Morgan fingerprint density at radius 2 is 1.79 bits per heavy atom. The fourth-order valence-electron chi connectivity index (χ4n) is 3.98. The monoisotopic (exact) mass is 380 g/mol. The topological polar surface area (TPSA) is 70.1 Å². The Labute approximate surface area is 168 Å². The van der Waals surface area contributed by atoms with Crippen molar-refractivity contribution in [2.45, 2.75) is 19.8 Å². The summed E-state index contributed by atoms with van der Waals surface area (Å²) in [5.74, 6) is -0.315. The normalized spacial score (nSPS) is 13.1. The van der Waals surface area contributed by atoms with Crippen molar-refractivity contribution in [3.63, 3.8) is 0 Å². The highest BCUT2D eigenvalue weighted by molar-refractivity contribution is 6.03. The summed E-state index contributed by atoms with van der Waals surface area (Å²) in [6, 6.07) is 22.2. The number of amides is 1. The fourth-order valence-corrected chi connectivity index (χ4v) is 3.98. The molecule has 5 heteroatoms. The first-order chi connectivity index (χ1) is 14.2. The molecule has 0 radical (unpaired) electrons. The zero-order valence-corrected chi connectivity index (χ0v) is 16.1.